The molecule has 0 saturated carbocycles. The van der Waals surface area contributed by atoms with Crippen LogP contribution < -0.4 is 19.9 Å². The number of anilines is 2. The van der Waals surface area contributed by atoms with Crippen molar-refractivity contribution in [3.63, 3.8) is 0 Å². The first-order valence-electron chi connectivity index (χ1n) is 18.6. The van der Waals surface area contributed by atoms with Crippen LogP contribution in [0.3, 0.4) is 0 Å². The summed E-state index contributed by atoms with van der Waals surface area (Å²) in [5.41, 5.74) is 6.00. The number of hydrogen-bond acceptors (Lipinski definition) is 10. The van der Waals surface area contributed by atoms with Crippen molar-refractivity contribution in [2.45, 2.75) is 38.8 Å². The van der Waals surface area contributed by atoms with Gasteiger partial charge >= 0.3 is 6.03 Å². The number of H-pyrrole nitrogens is 1. The molecule has 3 fully saturated rings. The average Bonchev–Trinajstić information content (AvgIpc) is 3.76. The highest BCUT2D eigenvalue weighted by Crippen LogP contribution is 2.36. The number of aromatic amines is 1. The lowest BCUT2D eigenvalue weighted by atomic mass is 9.94. The standard InChI is InChI=1S/C39H45ClN10O4/c1-25-32(23-46(2)45-25)37-43-35-36(33(40)19-41-38(35)44-37)54-31-9-3-26(4-10-31)20-47-17-18-49(30(22-47)24-51)21-27-11-14-48(15-12-27)28-5-7-29(8-6-28)50-16-13-34(52)42-39(50)53/h3-10,19,23,27,30,51H,11-18,20-22,24H2,1-2H3,(H,41,43,44)(H,42,52,53)/t30-/m0/s1. The van der Waals surface area contributed by atoms with Gasteiger partial charge in [-0.05, 0) is 67.6 Å². The number of nitrogens with zero attached hydrogens (tertiary/aromatic N) is 8. The zero-order valence-electron chi connectivity index (χ0n) is 30.5. The summed E-state index contributed by atoms with van der Waals surface area (Å²) in [6.45, 7) is 8.86. The first-order valence-corrected chi connectivity index (χ1v) is 18.9. The fraction of sp³-hybridized carbons (Fsp3) is 0.410. The van der Waals surface area contributed by atoms with E-state index in [2.05, 4.69) is 64.3 Å². The second-order valence-corrected chi connectivity index (χ2v) is 14.9. The van der Waals surface area contributed by atoms with E-state index in [1.54, 1.807) is 15.8 Å². The van der Waals surface area contributed by atoms with E-state index < -0.39 is 0 Å². The number of aliphatic hydroxyl groups excluding tert-OH is 1. The molecule has 3 aromatic heterocycles. The molecule has 54 heavy (non-hydrogen) atoms. The number of imide groups is 1. The third kappa shape index (κ3) is 7.65. The van der Waals surface area contributed by atoms with Crippen LogP contribution in [0.2, 0.25) is 5.02 Å². The lowest BCUT2D eigenvalue weighted by Gasteiger charge is -2.43. The van der Waals surface area contributed by atoms with Crippen molar-refractivity contribution in [3.8, 4) is 22.9 Å². The van der Waals surface area contributed by atoms with E-state index in [9.17, 15) is 14.7 Å². The quantitative estimate of drug-likeness (QED) is 0.179. The number of pyridine rings is 1. The number of piperidine rings is 1. The minimum atomic E-state index is -0.363. The summed E-state index contributed by atoms with van der Waals surface area (Å²) in [4.78, 5) is 45.0. The molecule has 3 N–H and O–H groups in total. The lowest BCUT2D eigenvalue weighted by Crippen LogP contribution is -2.55. The first kappa shape index (κ1) is 36.0. The Hall–Kier alpha value is -5.02. The molecule has 8 rings (SSSR count). The van der Waals surface area contributed by atoms with E-state index in [-0.39, 0.29) is 24.6 Å². The number of hydrogen-bond donors (Lipinski definition) is 3. The predicted molar refractivity (Wildman–Crippen MR) is 207 cm³/mol. The number of halogens is 1. The summed E-state index contributed by atoms with van der Waals surface area (Å²) in [5, 5.41) is 17.6. The van der Waals surface area contributed by atoms with Gasteiger partial charge in [-0.15, -0.1) is 0 Å². The topological polar surface area (TPSA) is 148 Å². The zero-order chi connectivity index (χ0) is 37.3. The van der Waals surface area contributed by atoms with Crippen LogP contribution in [-0.4, -0.2) is 110 Å². The van der Waals surface area contributed by atoms with E-state index in [4.69, 9.17) is 16.3 Å². The Balaban J connectivity index is 0.824. The Bertz CT molecular complexity index is 2130. The van der Waals surface area contributed by atoms with Crippen molar-refractivity contribution in [2.75, 3.05) is 62.2 Å². The summed E-state index contributed by atoms with van der Waals surface area (Å²) < 4.78 is 8.05. The van der Waals surface area contributed by atoms with Crippen LogP contribution in [0.4, 0.5) is 16.2 Å². The van der Waals surface area contributed by atoms with Crippen molar-refractivity contribution in [3.05, 3.63) is 77.2 Å². The molecule has 0 unspecified atom stereocenters. The monoisotopic (exact) mass is 752 g/mol. The number of ether oxygens (including phenoxy) is 1. The molecule has 0 spiro atoms. The maximum Gasteiger partial charge on any atom is 0.328 e. The number of imidazole rings is 1. The number of nitrogens with one attached hydrogen (secondary N) is 2. The minimum absolute atomic E-state index is 0.0974. The molecule has 3 amide bonds. The number of rotatable bonds is 10. The fourth-order valence-corrected chi connectivity index (χ4v) is 8.07. The number of carbonyl (C=O) groups excluding carboxylic acids is 2. The van der Waals surface area contributed by atoms with E-state index >= 15 is 0 Å². The van der Waals surface area contributed by atoms with Crippen molar-refractivity contribution < 1.29 is 19.4 Å². The number of amides is 3. The molecular formula is C39H45ClN10O4. The average molecular weight is 753 g/mol. The molecule has 282 valence electrons. The van der Waals surface area contributed by atoms with Crippen LogP contribution in [0.15, 0.2) is 60.9 Å². The van der Waals surface area contributed by atoms with Gasteiger partial charge in [-0.1, -0.05) is 23.7 Å². The van der Waals surface area contributed by atoms with Gasteiger partial charge in [-0.2, -0.15) is 5.10 Å². The number of fused-ring (bicyclic) bond motifs is 1. The molecule has 5 aromatic rings. The second-order valence-electron chi connectivity index (χ2n) is 14.5. The largest absolute Gasteiger partial charge is 0.453 e. The molecule has 2 aromatic carbocycles. The van der Waals surface area contributed by atoms with Gasteiger partial charge in [-0.25, -0.2) is 14.8 Å². The summed E-state index contributed by atoms with van der Waals surface area (Å²) in [7, 11) is 1.88. The fourth-order valence-electron chi connectivity index (χ4n) is 7.88. The Kier molecular flexibility index (Phi) is 10.2. The van der Waals surface area contributed by atoms with Gasteiger partial charge in [0, 0.05) is 89.4 Å². The van der Waals surface area contributed by atoms with Crippen LogP contribution in [0.25, 0.3) is 22.6 Å². The lowest BCUT2D eigenvalue weighted by molar-refractivity contribution is -0.120. The first-order chi connectivity index (χ1) is 26.2. The Morgan fingerprint density at radius 3 is 2.44 bits per heavy atom. The molecule has 15 heteroatoms. The predicted octanol–water partition coefficient (Wildman–Crippen LogP) is 4.95. The van der Waals surface area contributed by atoms with Crippen LogP contribution in [-0.2, 0) is 18.4 Å². The molecule has 6 heterocycles. The molecular weight excluding hydrogens is 708 g/mol. The smallest absolute Gasteiger partial charge is 0.328 e. The van der Waals surface area contributed by atoms with Gasteiger partial charge < -0.3 is 19.7 Å². The Labute approximate surface area is 318 Å². The summed E-state index contributed by atoms with van der Waals surface area (Å²) in [6, 6.07) is 15.9. The molecule has 0 radical (unpaired) electrons. The van der Waals surface area contributed by atoms with Crippen LogP contribution in [0.1, 0.15) is 30.5 Å². The third-order valence-electron chi connectivity index (χ3n) is 10.8. The molecule has 1 atom stereocenters. The Morgan fingerprint density at radius 2 is 1.74 bits per heavy atom. The number of piperazine rings is 1. The molecule has 0 bridgehead atoms. The number of aromatic nitrogens is 5. The maximum atomic E-state index is 12.2. The highest BCUT2D eigenvalue weighted by atomic mass is 35.5. The number of aryl methyl sites for hydroxylation is 2. The third-order valence-corrected chi connectivity index (χ3v) is 11.1. The van der Waals surface area contributed by atoms with Crippen LogP contribution in [0, 0.1) is 12.8 Å². The van der Waals surface area contributed by atoms with E-state index in [0.29, 0.717) is 52.4 Å². The van der Waals surface area contributed by atoms with Crippen LogP contribution in [0.5, 0.6) is 11.5 Å². The van der Waals surface area contributed by atoms with Gasteiger partial charge in [0.2, 0.25) is 5.91 Å². The summed E-state index contributed by atoms with van der Waals surface area (Å²) in [5.74, 6) is 2.14. The van der Waals surface area contributed by atoms with Crippen molar-refractivity contribution in [2.24, 2.45) is 13.0 Å². The molecule has 3 aliphatic heterocycles. The highest BCUT2D eigenvalue weighted by Gasteiger charge is 2.30. The molecule has 14 nitrogen and oxygen atoms in total. The number of benzene rings is 2. The summed E-state index contributed by atoms with van der Waals surface area (Å²) in [6.07, 6.45) is 5.96. The minimum Gasteiger partial charge on any atom is -0.453 e. The SMILES string of the molecule is Cc1nn(C)cc1-c1nc2ncc(Cl)c(Oc3ccc(CN4CCN(CC5CCN(c6ccc(N7CCC(=O)NC7=O)cc6)CC5)[C@H](CO)C4)cc3)c2[nH]1. The van der Waals surface area contributed by atoms with Crippen molar-refractivity contribution in [1.82, 2.24) is 39.8 Å². The van der Waals surface area contributed by atoms with Gasteiger partial charge in [0.25, 0.3) is 0 Å². The highest BCUT2D eigenvalue weighted by molar-refractivity contribution is 6.32. The normalized spacial score (nSPS) is 19.1. The zero-order valence-corrected chi connectivity index (χ0v) is 31.3. The van der Waals surface area contributed by atoms with Crippen molar-refractivity contribution in [1.29, 1.82) is 0 Å². The van der Waals surface area contributed by atoms with Gasteiger partial charge in [0.05, 0.1) is 24.1 Å². The molecule has 3 saturated heterocycles. The van der Waals surface area contributed by atoms with E-state index in [0.717, 1.165) is 81.3 Å². The van der Waals surface area contributed by atoms with Crippen LogP contribution >= 0.6 is 11.6 Å². The molecule has 3 aliphatic rings. The second kappa shape index (κ2) is 15.4. The number of aliphatic hydroxyl groups is 1. The maximum absolute atomic E-state index is 12.2. The van der Waals surface area contributed by atoms with Gasteiger partial charge in [0.1, 0.15) is 22.1 Å². The van der Waals surface area contributed by atoms with Gasteiger partial charge in [0.15, 0.2) is 11.4 Å². The number of carbonyl (C=O) groups is 2. The molecule has 0 aliphatic carbocycles. The van der Waals surface area contributed by atoms with E-state index in [1.807, 2.05) is 44.4 Å². The van der Waals surface area contributed by atoms with Crippen molar-refractivity contribution >= 4 is 46.1 Å². The van der Waals surface area contributed by atoms with E-state index in [1.165, 1.54) is 5.56 Å². The summed E-state index contributed by atoms with van der Waals surface area (Å²) >= 11 is 6.57. The van der Waals surface area contributed by atoms with Gasteiger partial charge in [-0.3, -0.25) is 29.5 Å². The Morgan fingerprint density at radius 1 is 0.981 bits per heavy atom. The number of urea groups is 1.